The number of nitrogens with two attached hydrogens (primary N) is 1. The number of nitrogens with one attached hydrogen (secondary N) is 1. The Morgan fingerprint density at radius 2 is 1.79 bits per heavy atom. The number of nitrogen functional groups attached to an aromatic ring is 1. The molecule has 0 bridgehead atoms. The Morgan fingerprint density at radius 1 is 1.05 bits per heavy atom. The molecule has 0 atom stereocenters. The molecule has 0 fully saturated rings. The molecule has 0 spiro atoms. The van der Waals surface area contributed by atoms with Crippen molar-refractivity contribution in [3.8, 4) is 0 Å². The zero-order valence-corrected chi connectivity index (χ0v) is 12.3. The van der Waals surface area contributed by atoms with Crippen molar-refractivity contribution in [1.29, 1.82) is 5.41 Å². The highest BCUT2D eigenvalue weighted by molar-refractivity contribution is 7.99. The van der Waals surface area contributed by atoms with Gasteiger partial charge in [-0.25, -0.2) is 0 Å². The molecule has 0 aliphatic rings. The fourth-order valence-electron chi connectivity index (χ4n) is 1.93. The van der Waals surface area contributed by atoms with E-state index < -0.39 is 0 Å². The van der Waals surface area contributed by atoms with Crippen molar-refractivity contribution < 1.29 is 0 Å². The Labute approximate surface area is 118 Å². The lowest BCUT2D eigenvalue weighted by atomic mass is 10.1. The van der Waals surface area contributed by atoms with Gasteiger partial charge in [-0.05, 0) is 43.5 Å². The van der Waals surface area contributed by atoms with Gasteiger partial charge in [0, 0.05) is 15.4 Å². The van der Waals surface area contributed by atoms with Crippen LogP contribution < -0.4 is 5.73 Å². The molecule has 2 aromatic carbocycles. The lowest BCUT2D eigenvalue weighted by Gasteiger charge is -2.13. The van der Waals surface area contributed by atoms with Crippen molar-refractivity contribution in [3.63, 3.8) is 0 Å². The molecule has 2 nitrogen and oxygen atoms in total. The van der Waals surface area contributed by atoms with Crippen LogP contribution in [0.1, 0.15) is 22.3 Å². The first kappa shape index (κ1) is 13.7. The average Bonchev–Trinajstić information content (AvgIpc) is 2.35. The lowest BCUT2D eigenvalue weighted by molar-refractivity contribution is 1.22. The molecule has 98 valence electrons. The molecule has 0 heterocycles. The van der Waals surface area contributed by atoms with E-state index in [4.69, 9.17) is 11.1 Å². The number of rotatable bonds is 3. The van der Waals surface area contributed by atoms with E-state index in [1.54, 1.807) is 11.8 Å². The first-order chi connectivity index (χ1) is 8.99. The van der Waals surface area contributed by atoms with Crippen LogP contribution in [0.5, 0.6) is 0 Å². The van der Waals surface area contributed by atoms with Crippen LogP contribution >= 0.6 is 11.8 Å². The second kappa shape index (κ2) is 5.49. The first-order valence-corrected chi connectivity index (χ1v) is 7.00. The highest BCUT2D eigenvalue weighted by Gasteiger charge is 2.11. The summed E-state index contributed by atoms with van der Waals surface area (Å²) >= 11 is 1.69. The van der Waals surface area contributed by atoms with Gasteiger partial charge < -0.3 is 5.73 Å². The van der Waals surface area contributed by atoms with Crippen molar-refractivity contribution in [1.82, 2.24) is 0 Å². The fraction of sp³-hybridized carbons (Fsp3) is 0.188. The predicted octanol–water partition coefficient (Wildman–Crippen LogP) is 4.05. The van der Waals surface area contributed by atoms with E-state index in [-0.39, 0.29) is 5.84 Å². The molecule has 0 aliphatic carbocycles. The van der Waals surface area contributed by atoms with Gasteiger partial charge >= 0.3 is 0 Å². The van der Waals surface area contributed by atoms with Crippen molar-refractivity contribution in [2.45, 2.75) is 30.6 Å². The van der Waals surface area contributed by atoms with Crippen LogP contribution in [0.15, 0.2) is 46.2 Å². The van der Waals surface area contributed by atoms with E-state index in [9.17, 15) is 0 Å². The minimum Gasteiger partial charge on any atom is -0.384 e. The van der Waals surface area contributed by atoms with E-state index in [1.807, 2.05) is 12.1 Å². The topological polar surface area (TPSA) is 49.9 Å². The predicted molar refractivity (Wildman–Crippen MR) is 82.2 cm³/mol. The van der Waals surface area contributed by atoms with E-state index in [0.29, 0.717) is 0 Å². The number of benzene rings is 2. The number of amidine groups is 1. The smallest absolute Gasteiger partial charge is 0.123 e. The highest BCUT2D eigenvalue weighted by atomic mass is 32.2. The molecule has 0 unspecified atom stereocenters. The van der Waals surface area contributed by atoms with Gasteiger partial charge in [0.05, 0.1) is 0 Å². The van der Waals surface area contributed by atoms with E-state index >= 15 is 0 Å². The maximum atomic E-state index is 7.70. The molecule has 3 heteroatoms. The standard InChI is InChI=1S/C16H18N2S/c1-10-7-8-11(2)14(9-10)19-15-12(3)5-4-6-13(15)16(17)18/h4-9H,1-3H3,(H3,17,18). The third-order valence-electron chi connectivity index (χ3n) is 3.06. The van der Waals surface area contributed by atoms with Gasteiger partial charge in [0.15, 0.2) is 0 Å². The largest absolute Gasteiger partial charge is 0.384 e. The van der Waals surface area contributed by atoms with Crippen LogP contribution in [0, 0.1) is 26.2 Å². The van der Waals surface area contributed by atoms with Crippen molar-refractivity contribution >= 4 is 17.6 Å². The van der Waals surface area contributed by atoms with Crippen molar-refractivity contribution in [2.75, 3.05) is 0 Å². The molecule has 19 heavy (non-hydrogen) atoms. The Hall–Kier alpha value is -1.74. The Kier molecular flexibility index (Phi) is 3.96. The van der Waals surface area contributed by atoms with E-state index in [1.165, 1.54) is 16.0 Å². The number of aryl methyl sites for hydroxylation is 3. The van der Waals surface area contributed by atoms with Crippen LogP contribution in [0.25, 0.3) is 0 Å². The molecule has 2 aromatic rings. The monoisotopic (exact) mass is 270 g/mol. The molecule has 2 rings (SSSR count). The lowest BCUT2D eigenvalue weighted by Crippen LogP contribution is -2.12. The Morgan fingerprint density at radius 3 is 2.47 bits per heavy atom. The van der Waals surface area contributed by atoms with Crippen molar-refractivity contribution in [2.24, 2.45) is 5.73 Å². The molecular weight excluding hydrogens is 252 g/mol. The average molecular weight is 270 g/mol. The van der Waals surface area contributed by atoms with Crippen LogP contribution in [0.3, 0.4) is 0 Å². The van der Waals surface area contributed by atoms with Crippen LogP contribution in [0.4, 0.5) is 0 Å². The summed E-state index contributed by atoms with van der Waals surface area (Å²) in [6, 6.07) is 12.3. The van der Waals surface area contributed by atoms with Gasteiger partial charge in [-0.15, -0.1) is 0 Å². The zero-order valence-electron chi connectivity index (χ0n) is 11.4. The molecule has 0 aromatic heterocycles. The highest BCUT2D eigenvalue weighted by Crippen LogP contribution is 2.35. The van der Waals surface area contributed by atoms with Crippen LogP contribution in [-0.4, -0.2) is 5.84 Å². The molecule has 0 saturated heterocycles. The summed E-state index contributed by atoms with van der Waals surface area (Å²) in [5.74, 6) is 0.122. The second-order valence-corrected chi connectivity index (χ2v) is 5.79. The molecule has 0 saturated carbocycles. The van der Waals surface area contributed by atoms with Crippen LogP contribution in [-0.2, 0) is 0 Å². The SMILES string of the molecule is Cc1ccc(C)c(Sc2c(C)cccc2C(=N)N)c1. The molecule has 0 radical (unpaired) electrons. The normalized spacial score (nSPS) is 10.5. The van der Waals surface area contributed by atoms with Gasteiger partial charge in [-0.2, -0.15) is 0 Å². The zero-order chi connectivity index (χ0) is 14.0. The second-order valence-electron chi connectivity index (χ2n) is 4.74. The summed E-state index contributed by atoms with van der Waals surface area (Å²) in [7, 11) is 0. The maximum absolute atomic E-state index is 7.70. The third kappa shape index (κ3) is 2.99. The maximum Gasteiger partial charge on any atom is 0.123 e. The van der Waals surface area contributed by atoms with E-state index in [0.717, 1.165) is 16.0 Å². The minimum absolute atomic E-state index is 0.122. The minimum atomic E-state index is 0.122. The fourth-order valence-corrected chi connectivity index (χ4v) is 3.14. The Bertz CT molecular complexity index is 633. The molecular formula is C16H18N2S. The molecule has 0 amide bonds. The van der Waals surface area contributed by atoms with Crippen molar-refractivity contribution in [3.05, 3.63) is 58.7 Å². The summed E-state index contributed by atoms with van der Waals surface area (Å²) in [6.07, 6.45) is 0. The quantitative estimate of drug-likeness (QED) is 0.653. The number of hydrogen-bond acceptors (Lipinski definition) is 2. The van der Waals surface area contributed by atoms with Gasteiger partial charge in [-0.1, -0.05) is 42.1 Å². The molecule has 3 N–H and O–H groups in total. The number of hydrogen-bond donors (Lipinski definition) is 2. The van der Waals surface area contributed by atoms with Gasteiger partial charge in [0.2, 0.25) is 0 Å². The summed E-state index contributed by atoms with van der Waals surface area (Å²) in [5.41, 5.74) is 10.1. The van der Waals surface area contributed by atoms with Gasteiger partial charge in [0.1, 0.15) is 5.84 Å². The third-order valence-corrected chi connectivity index (χ3v) is 4.46. The van der Waals surface area contributed by atoms with Gasteiger partial charge in [0.25, 0.3) is 0 Å². The Balaban J connectivity index is 2.49. The summed E-state index contributed by atoms with van der Waals surface area (Å²) in [5, 5.41) is 7.70. The summed E-state index contributed by atoms with van der Waals surface area (Å²) in [4.78, 5) is 2.29. The van der Waals surface area contributed by atoms with Crippen LogP contribution in [0.2, 0.25) is 0 Å². The van der Waals surface area contributed by atoms with E-state index in [2.05, 4.69) is 45.0 Å². The summed E-state index contributed by atoms with van der Waals surface area (Å²) in [6.45, 7) is 6.25. The molecule has 0 aliphatic heterocycles. The summed E-state index contributed by atoms with van der Waals surface area (Å²) < 4.78 is 0. The van der Waals surface area contributed by atoms with Gasteiger partial charge in [-0.3, -0.25) is 5.41 Å². The first-order valence-electron chi connectivity index (χ1n) is 6.18.